The van der Waals surface area contributed by atoms with Crippen LogP contribution in [0.4, 0.5) is 0 Å². The van der Waals surface area contributed by atoms with Crippen molar-refractivity contribution in [3.8, 4) is 28.3 Å². The van der Waals surface area contributed by atoms with Crippen molar-refractivity contribution < 1.29 is 25.8 Å². The molecule has 0 atom stereocenters. The molecule has 4 aromatic heterocycles. The summed E-state index contributed by atoms with van der Waals surface area (Å²) in [6.07, 6.45) is 1.93. The van der Waals surface area contributed by atoms with E-state index in [1.807, 2.05) is 23.0 Å². The van der Waals surface area contributed by atoms with Gasteiger partial charge in [-0.15, -0.1) is 29.8 Å². The minimum atomic E-state index is -0.531. The molecule has 0 unspecified atom stereocenters. The van der Waals surface area contributed by atoms with E-state index in [-0.39, 0.29) is 43.7 Å². The molecule has 0 aliphatic rings. The summed E-state index contributed by atoms with van der Waals surface area (Å²) in [7, 11) is 0. The Morgan fingerprint density at radius 3 is 1.98 bits per heavy atom. The predicted octanol–water partition coefficient (Wildman–Crippen LogP) is 11.8. The summed E-state index contributed by atoms with van der Waals surface area (Å²) in [5.74, 6) is 1.69. The van der Waals surface area contributed by atoms with E-state index in [1.54, 1.807) is 0 Å². The first-order valence-corrected chi connectivity index (χ1v) is 18.6. The predicted molar refractivity (Wildman–Crippen MR) is 213 cm³/mol. The number of aryl methyl sites for hydroxylation is 1. The third-order valence-electron chi connectivity index (χ3n) is 10.1. The molecule has 0 N–H and O–H groups in total. The maximum atomic E-state index is 6.84. The van der Waals surface area contributed by atoms with Crippen LogP contribution in [0.15, 0.2) is 66.9 Å². The number of hydrogen-bond donors (Lipinski definition) is 0. The molecule has 7 heteroatoms. The Bertz CT molecular complexity index is 2240. The molecule has 0 fully saturated rings. The van der Waals surface area contributed by atoms with Crippen LogP contribution < -0.4 is 4.74 Å². The van der Waals surface area contributed by atoms with Gasteiger partial charge < -0.3 is 9.14 Å². The zero-order valence-corrected chi connectivity index (χ0v) is 36.2. The Kier molecular flexibility index (Phi) is 11.1. The Morgan fingerprint density at radius 1 is 0.736 bits per heavy atom. The van der Waals surface area contributed by atoms with Crippen LogP contribution in [-0.2, 0) is 37.3 Å². The molecule has 280 valence electrons. The van der Waals surface area contributed by atoms with E-state index in [2.05, 4.69) is 162 Å². The molecule has 0 saturated heterocycles. The first-order valence-electron chi connectivity index (χ1n) is 18.6. The second-order valence-electron chi connectivity index (χ2n) is 17.5. The molecule has 0 spiro atoms. The van der Waals surface area contributed by atoms with Gasteiger partial charge in [0.1, 0.15) is 0 Å². The standard InChI is InChI=1S/C46H55N5O.Pt/c1-28(2)42-43(29(3)4)50-39(46(13,14)38-24-33(20-21-47-38)44(7,8)9)26-37(27-40(50)48-42)52-36-23-34(45(10,11)12)22-35(25-36)51-31(6)41(30(5)49-51)32-18-16-15-17-19-32;/h15-24,27-29H,1-14H3;/q-2;+2. The van der Waals surface area contributed by atoms with E-state index in [0.717, 1.165) is 56.5 Å². The smallest absolute Gasteiger partial charge is 0.521 e. The van der Waals surface area contributed by atoms with Crippen LogP contribution in [0.5, 0.6) is 11.5 Å². The second kappa shape index (κ2) is 14.7. The van der Waals surface area contributed by atoms with Crippen molar-refractivity contribution in [2.75, 3.05) is 0 Å². The zero-order valence-electron chi connectivity index (χ0n) is 34.0. The molecular weight excluding hydrogens is 834 g/mol. The minimum absolute atomic E-state index is 0. The average Bonchev–Trinajstić information content (AvgIpc) is 3.61. The summed E-state index contributed by atoms with van der Waals surface area (Å²) < 4.78 is 11.1. The van der Waals surface area contributed by atoms with Crippen LogP contribution >= 0.6 is 0 Å². The van der Waals surface area contributed by atoms with Crippen molar-refractivity contribution in [2.24, 2.45) is 0 Å². The molecule has 53 heavy (non-hydrogen) atoms. The number of hydrogen-bond acceptors (Lipinski definition) is 4. The first kappa shape index (κ1) is 40.2. The van der Waals surface area contributed by atoms with Gasteiger partial charge in [-0.05, 0) is 71.2 Å². The van der Waals surface area contributed by atoms with Gasteiger partial charge in [-0.2, -0.15) is 11.2 Å². The van der Waals surface area contributed by atoms with E-state index in [0.29, 0.717) is 11.5 Å². The molecule has 0 aliphatic carbocycles. The van der Waals surface area contributed by atoms with E-state index in [1.165, 1.54) is 11.3 Å². The van der Waals surface area contributed by atoms with Crippen LogP contribution in [0.1, 0.15) is 140 Å². The molecule has 2 aromatic carbocycles. The topological polar surface area (TPSA) is 57.2 Å². The minimum Gasteiger partial charge on any atom is -0.521 e. The van der Waals surface area contributed by atoms with Crippen LogP contribution in [0, 0.1) is 26.0 Å². The average molecular weight is 889 g/mol. The molecule has 0 bridgehead atoms. The zero-order chi connectivity index (χ0) is 37.9. The van der Waals surface area contributed by atoms with Crippen LogP contribution in [0.25, 0.3) is 22.5 Å². The van der Waals surface area contributed by atoms with Crippen LogP contribution in [0.3, 0.4) is 0 Å². The van der Waals surface area contributed by atoms with Gasteiger partial charge in [-0.25, -0.2) is 0 Å². The van der Waals surface area contributed by atoms with Crippen LogP contribution in [0.2, 0.25) is 0 Å². The van der Waals surface area contributed by atoms with E-state index in [9.17, 15) is 0 Å². The van der Waals surface area contributed by atoms with Gasteiger partial charge in [-0.1, -0.05) is 119 Å². The fourth-order valence-electron chi connectivity index (χ4n) is 7.11. The van der Waals surface area contributed by atoms with Gasteiger partial charge in [0.25, 0.3) is 0 Å². The molecule has 4 heterocycles. The van der Waals surface area contributed by atoms with Gasteiger partial charge >= 0.3 is 21.1 Å². The summed E-state index contributed by atoms with van der Waals surface area (Å²) in [5, 5.41) is 5.02. The molecular formula is C46H55N5OPt. The fraction of sp³-hybridized carbons (Fsp3) is 0.413. The van der Waals surface area contributed by atoms with E-state index in [4.69, 9.17) is 19.8 Å². The normalized spacial score (nSPS) is 12.5. The van der Waals surface area contributed by atoms with Gasteiger partial charge in [0.15, 0.2) is 0 Å². The third kappa shape index (κ3) is 7.81. The van der Waals surface area contributed by atoms with Crippen molar-refractivity contribution in [2.45, 2.75) is 125 Å². The molecule has 0 radical (unpaired) electrons. The maximum Gasteiger partial charge on any atom is 2.00 e. The quantitative estimate of drug-likeness (QED) is 0.143. The third-order valence-corrected chi connectivity index (χ3v) is 10.1. The van der Waals surface area contributed by atoms with Gasteiger partial charge in [0.2, 0.25) is 0 Å². The summed E-state index contributed by atoms with van der Waals surface area (Å²) in [6.45, 7) is 30.9. The summed E-state index contributed by atoms with van der Waals surface area (Å²) >= 11 is 0. The van der Waals surface area contributed by atoms with Crippen LogP contribution in [-0.4, -0.2) is 24.1 Å². The molecule has 0 amide bonds. The van der Waals surface area contributed by atoms with Gasteiger partial charge in [0.05, 0.1) is 22.7 Å². The maximum absolute atomic E-state index is 6.84. The number of pyridine rings is 2. The van der Waals surface area contributed by atoms with Gasteiger partial charge in [-0.3, -0.25) is 14.6 Å². The number of nitrogens with zero attached hydrogens (tertiary/aromatic N) is 5. The van der Waals surface area contributed by atoms with E-state index >= 15 is 0 Å². The van der Waals surface area contributed by atoms with Crippen molar-refractivity contribution >= 4 is 5.65 Å². The summed E-state index contributed by atoms with van der Waals surface area (Å²) in [5.41, 5.74) is 11.9. The van der Waals surface area contributed by atoms with Crippen molar-refractivity contribution in [3.63, 3.8) is 0 Å². The summed E-state index contributed by atoms with van der Waals surface area (Å²) in [6, 6.07) is 28.4. The Hall–Kier alpha value is -4.02. The Labute approximate surface area is 331 Å². The SMILES string of the molecule is Cc1nn(-c2[c-]c(Oc3[c-]c(C(C)(C)c4cc(C(C)(C)C)ccn4)n4c(C(C)C)c(C(C)C)nc4c3)cc(C(C)(C)C)c2)c(C)c1-c1ccccc1.[Pt+2]. The number of imidazole rings is 1. The number of benzene rings is 2. The van der Waals surface area contributed by atoms with Crippen molar-refractivity contribution in [1.82, 2.24) is 24.1 Å². The second-order valence-corrected chi connectivity index (χ2v) is 17.5. The summed E-state index contributed by atoms with van der Waals surface area (Å²) in [4.78, 5) is 10.2. The number of fused-ring (bicyclic) bond motifs is 1. The molecule has 6 rings (SSSR count). The molecule has 6 nitrogen and oxygen atoms in total. The van der Waals surface area contributed by atoms with E-state index < -0.39 is 5.41 Å². The molecule has 0 aliphatic heterocycles. The number of rotatable bonds is 8. The fourth-order valence-corrected chi connectivity index (χ4v) is 7.11. The van der Waals surface area contributed by atoms with Crippen molar-refractivity contribution in [1.29, 1.82) is 0 Å². The Balaban J connectivity index is 0.00000541. The first-order chi connectivity index (χ1) is 24.3. The van der Waals surface area contributed by atoms with Gasteiger partial charge in [0, 0.05) is 34.3 Å². The monoisotopic (exact) mass is 888 g/mol. The number of ether oxygens (including phenoxy) is 1. The number of aromatic nitrogens is 5. The molecule has 6 aromatic rings. The molecule has 0 saturated carbocycles. The largest absolute Gasteiger partial charge is 2.00 e. The Morgan fingerprint density at radius 2 is 1.38 bits per heavy atom. The van der Waals surface area contributed by atoms with Crippen molar-refractivity contribution in [3.05, 3.63) is 124 Å².